The minimum Gasteiger partial charge on any atom is -0.481 e. The zero-order valence-corrected chi connectivity index (χ0v) is 18.2. The molecule has 5 unspecified atom stereocenters. The number of nitrogens with two attached hydrogens (primary N) is 2. The van der Waals surface area contributed by atoms with Gasteiger partial charge in [-0.1, -0.05) is 0 Å². The molecule has 4 amide bonds. The highest BCUT2D eigenvalue weighted by molar-refractivity contribution is 5.96. The van der Waals surface area contributed by atoms with Crippen molar-refractivity contribution in [3.05, 3.63) is 0 Å². The lowest BCUT2D eigenvalue weighted by Gasteiger charge is -2.25. The lowest BCUT2D eigenvalue weighted by atomic mass is 10.1. The lowest BCUT2D eigenvalue weighted by molar-refractivity contribution is -0.144. The smallest absolute Gasteiger partial charge is 0.326 e. The molecule has 0 heterocycles. The number of hydrogen-bond donors (Lipinski definition) is 9. The van der Waals surface area contributed by atoms with Crippen molar-refractivity contribution in [2.45, 2.75) is 69.3 Å². The fraction of sp³-hybridized carbons (Fsp3) is 0.611. The Labute approximate surface area is 193 Å². The van der Waals surface area contributed by atoms with E-state index in [1.807, 2.05) is 10.6 Å². The molecule has 0 spiro atoms. The van der Waals surface area contributed by atoms with Crippen LogP contribution in [0.25, 0.3) is 0 Å². The molecular formula is C18H29N5O11. The number of amides is 4. The zero-order valence-electron chi connectivity index (χ0n) is 18.2. The van der Waals surface area contributed by atoms with E-state index in [1.54, 1.807) is 0 Å². The Morgan fingerprint density at radius 2 is 1.32 bits per heavy atom. The van der Waals surface area contributed by atoms with Gasteiger partial charge in [0.2, 0.25) is 23.6 Å². The van der Waals surface area contributed by atoms with Gasteiger partial charge >= 0.3 is 17.9 Å². The van der Waals surface area contributed by atoms with E-state index < -0.39 is 97.5 Å². The fourth-order valence-corrected chi connectivity index (χ4v) is 2.54. The van der Waals surface area contributed by atoms with Crippen LogP contribution in [0, 0.1) is 0 Å². The van der Waals surface area contributed by atoms with Gasteiger partial charge in [-0.3, -0.25) is 28.8 Å². The average molecular weight is 491 g/mol. The minimum atomic E-state index is -1.82. The van der Waals surface area contributed by atoms with Crippen molar-refractivity contribution in [2.75, 3.05) is 0 Å². The quantitative estimate of drug-likeness (QED) is 0.0993. The molecule has 0 aromatic heterocycles. The Bertz CT molecular complexity index is 801. The van der Waals surface area contributed by atoms with Gasteiger partial charge in [-0.15, -0.1) is 0 Å². The number of carboxylic acid groups (broad SMARTS) is 3. The summed E-state index contributed by atoms with van der Waals surface area (Å²) >= 11 is 0. The van der Waals surface area contributed by atoms with Crippen molar-refractivity contribution in [2.24, 2.45) is 11.5 Å². The Balaban J connectivity index is 5.43. The predicted octanol–water partition coefficient (Wildman–Crippen LogP) is -4.16. The van der Waals surface area contributed by atoms with E-state index in [0.29, 0.717) is 0 Å². The van der Waals surface area contributed by atoms with Crippen molar-refractivity contribution >= 4 is 41.5 Å². The van der Waals surface area contributed by atoms with Gasteiger partial charge in [0.15, 0.2) is 0 Å². The van der Waals surface area contributed by atoms with Crippen molar-refractivity contribution in [3.8, 4) is 0 Å². The van der Waals surface area contributed by atoms with Crippen LogP contribution in [0.4, 0.5) is 0 Å². The Morgan fingerprint density at radius 1 is 0.765 bits per heavy atom. The summed E-state index contributed by atoms with van der Waals surface area (Å²) in [6.45, 7) is 1.10. The monoisotopic (exact) mass is 491 g/mol. The summed E-state index contributed by atoms with van der Waals surface area (Å²) in [4.78, 5) is 81.0. The van der Waals surface area contributed by atoms with Crippen LogP contribution in [0.3, 0.4) is 0 Å². The third-order valence-corrected chi connectivity index (χ3v) is 4.37. The molecule has 0 aromatic rings. The van der Waals surface area contributed by atoms with Crippen LogP contribution in [0.15, 0.2) is 0 Å². The highest BCUT2D eigenvalue weighted by atomic mass is 16.4. The van der Waals surface area contributed by atoms with Gasteiger partial charge < -0.3 is 47.8 Å². The van der Waals surface area contributed by atoms with Crippen LogP contribution in [0.2, 0.25) is 0 Å². The molecule has 0 rings (SSSR count). The van der Waals surface area contributed by atoms with Crippen molar-refractivity contribution in [1.82, 2.24) is 16.0 Å². The summed E-state index contributed by atoms with van der Waals surface area (Å²) in [6, 6.07) is -6.49. The number of aliphatic hydroxyl groups excluding tert-OH is 1. The van der Waals surface area contributed by atoms with Crippen LogP contribution in [-0.4, -0.2) is 92.2 Å². The van der Waals surface area contributed by atoms with Gasteiger partial charge in [-0.25, -0.2) is 4.79 Å². The number of aliphatic hydroxyl groups is 1. The number of aliphatic carboxylic acids is 3. The number of carbonyl (C=O) groups is 7. The van der Waals surface area contributed by atoms with E-state index in [9.17, 15) is 43.8 Å². The normalized spacial score (nSPS) is 15.0. The molecular weight excluding hydrogens is 462 g/mol. The highest BCUT2D eigenvalue weighted by Crippen LogP contribution is 2.04. The third-order valence-electron chi connectivity index (χ3n) is 4.37. The third kappa shape index (κ3) is 11.7. The average Bonchev–Trinajstić information content (AvgIpc) is 2.70. The van der Waals surface area contributed by atoms with Gasteiger partial charge in [0.25, 0.3) is 0 Å². The van der Waals surface area contributed by atoms with E-state index in [1.165, 1.54) is 0 Å². The molecule has 16 heteroatoms. The maximum absolute atomic E-state index is 12.6. The fourth-order valence-electron chi connectivity index (χ4n) is 2.54. The molecule has 192 valence electrons. The molecule has 0 saturated carbocycles. The molecule has 0 radical (unpaired) electrons. The van der Waals surface area contributed by atoms with Crippen LogP contribution >= 0.6 is 0 Å². The number of carboxylic acids is 3. The van der Waals surface area contributed by atoms with Gasteiger partial charge in [-0.05, 0) is 19.8 Å². The van der Waals surface area contributed by atoms with Gasteiger partial charge in [-0.2, -0.15) is 0 Å². The minimum absolute atomic E-state index is 0.277. The first-order valence-electron chi connectivity index (χ1n) is 9.95. The van der Waals surface area contributed by atoms with Gasteiger partial charge in [0.05, 0.1) is 18.6 Å². The van der Waals surface area contributed by atoms with E-state index in [0.717, 1.165) is 6.92 Å². The first-order chi connectivity index (χ1) is 15.6. The van der Waals surface area contributed by atoms with E-state index in [-0.39, 0.29) is 6.42 Å². The molecule has 34 heavy (non-hydrogen) atoms. The standard InChI is InChI=1S/C18H29N5O11/c1-7(24)14(23-15(30)8(19)2-5-12(26)27)17(32)22-10(6-13(28)29)16(31)21-9(18(33)34)3-4-11(20)25/h7-10,14,24H,2-6,19H2,1H3,(H2,20,25)(H,21,31)(H,22,32)(H,23,30)(H,26,27)(H,28,29)(H,33,34). The maximum atomic E-state index is 12.6. The molecule has 0 aliphatic heterocycles. The SMILES string of the molecule is CC(O)C(NC(=O)C(N)CCC(=O)O)C(=O)NC(CC(=O)O)C(=O)NC(CCC(N)=O)C(=O)O. The van der Waals surface area contributed by atoms with E-state index >= 15 is 0 Å². The molecule has 0 bridgehead atoms. The zero-order chi connectivity index (χ0) is 26.6. The summed E-state index contributed by atoms with van der Waals surface area (Å²) < 4.78 is 0. The van der Waals surface area contributed by atoms with Gasteiger partial charge in [0.1, 0.15) is 18.1 Å². The number of nitrogens with one attached hydrogen (secondary N) is 3. The number of rotatable bonds is 16. The molecule has 0 fully saturated rings. The first-order valence-corrected chi connectivity index (χ1v) is 9.95. The molecule has 0 aromatic carbocycles. The Kier molecular flexibility index (Phi) is 12.8. The van der Waals surface area contributed by atoms with Crippen LogP contribution in [-0.2, 0) is 33.6 Å². The van der Waals surface area contributed by atoms with E-state index in [2.05, 4.69) is 5.32 Å². The molecule has 0 aliphatic rings. The Hall–Kier alpha value is -3.79. The number of primary amides is 1. The van der Waals surface area contributed by atoms with Crippen LogP contribution in [0.5, 0.6) is 0 Å². The summed E-state index contributed by atoms with van der Waals surface area (Å²) in [6.07, 6.45) is -4.05. The molecule has 0 aliphatic carbocycles. The summed E-state index contributed by atoms with van der Waals surface area (Å²) in [7, 11) is 0. The largest absolute Gasteiger partial charge is 0.481 e. The maximum Gasteiger partial charge on any atom is 0.326 e. The number of hydrogen-bond acceptors (Lipinski definition) is 9. The van der Waals surface area contributed by atoms with Crippen LogP contribution in [0.1, 0.15) is 39.0 Å². The summed E-state index contributed by atoms with van der Waals surface area (Å²) in [5.74, 6) is -8.55. The number of carbonyl (C=O) groups excluding carboxylic acids is 4. The van der Waals surface area contributed by atoms with Crippen molar-refractivity contribution in [3.63, 3.8) is 0 Å². The van der Waals surface area contributed by atoms with E-state index in [4.69, 9.17) is 21.7 Å². The van der Waals surface area contributed by atoms with Crippen molar-refractivity contribution < 1.29 is 54.0 Å². The molecule has 0 saturated heterocycles. The lowest BCUT2D eigenvalue weighted by Crippen LogP contribution is -2.60. The highest BCUT2D eigenvalue weighted by Gasteiger charge is 2.33. The summed E-state index contributed by atoms with van der Waals surface area (Å²) in [5, 5.41) is 42.8. The molecule has 16 nitrogen and oxygen atoms in total. The van der Waals surface area contributed by atoms with Crippen molar-refractivity contribution in [1.29, 1.82) is 0 Å². The second-order valence-electron chi connectivity index (χ2n) is 7.33. The first kappa shape index (κ1) is 30.2. The molecule has 5 atom stereocenters. The second-order valence-corrected chi connectivity index (χ2v) is 7.33. The predicted molar refractivity (Wildman–Crippen MR) is 111 cm³/mol. The van der Waals surface area contributed by atoms with Gasteiger partial charge in [0, 0.05) is 12.8 Å². The summed E-state index contributed by atoms with van der Waals surface area (Å²) in [5.41, 5.74) is 10.5. The molecule has 11 N–H and O–H groups in total. The second kappa shape index (κ2) is 14.4. The Morgan fingerprint density at radius 3 is 1.76 bits per heavy atom. The van der Waals surface area contributed by atoms with Crippen LogP contribution < -0.4 is 27.4 Å². The topological polar surface area (TPSA) is 289 Å².